The fourth-order valence-electron chi connectivity index (χ4n) is 1.65. The van der Waals surface area contributed by atoms with Gasteiger partial charge in [0.1, 0.15) is 5.75 Å². The third kappa shape index (κ3) is 1.94. The van der Waals surface area contributed by atoms with E-state index in [2.05, 4.69) is 30.9 Å². The van der Waals surface area contributed by atoms with Crippen LogP contribution in [-0.2, 0) is 0 Å². The second-order valence-electron chi connectivity index (χ2n) is 3.53. The Morgan fingerprint density at radius 1 is 1.15 bits per heavy atom. The number of ether oxygens (including phenoxy) is 1. The number of benzene rings is 1. The van der Waals surface area contributed by atoms with Crippen LogP contribution in [0.3, 0.4) is 0 Å². The average molecular weight is 179 g/mol. The molecule has 0 aromatic heterocycles. The Bertz CT molecular complexity index is 305. The standard InChI is InChI=1S/C11H17NO/c1-8-6-9(2)11(12(3)4)10(7-8)13-5/h6-7H,1-5H3. The molecule has 0 saturated heterocycles. The van der Waals surface area contributed by atoms with Crippen molar-refractivity contribution in [3.05, 3.63) is 23.3 Å². The summed E-state index contributed by atoms with van der Waals surface area (Å²) in [6.45, 7) is 4.18. The van der Waals surface area contributed by atoms with Crippen LogP contribution in [0.25, 0.3) is 0 Å². The number of rotatable bonds is 2. The van der Waals surface area contributed by atoms with E-state index in [1.807, 2.05) is 14.1 Å². The lowest BCUT2D eigenvalue weighted by molar-refractivity contribution is 0.415. The van der Waals surface area contributed by atoms with E-state index in [4.69, 9.17) is 4.74 Å². The highest BCUT2D eigenvalue weighted by Gasteiger charge is 2.08. The summed E-state index contributed by atoms with van der Waals surface area (Å²) in [5.74, 6) is 0.947. The minimum absolute atomic E-state index is 0.947. The highest BCUT2D eigenvalue weighted by molar-refractivity contribution is 5.64. The van der Waals surface area contributed by atoms with Crippen molar-refractivity contribution in [3.8, 4) is 5.75 Å². The van der Waals surface area contributed by atoms with Gasteiger partial charge in [-0.15, -0.1) is 0 Å². The molecule has 72 valence electrons. The molecule has 1 aromatic rings. The Balaban J connectivity index is 3.30. The number of aryl methyl sites for hydroxylation is 2. The summed E-state index contributed by atoms with van der Waals surface area (Å²) in [6, 6.07) is 4.22. The van der Waals surface area contributed by atoms with E-state index in [1.54, 1.807) is 7.11 Å². The van der Waals surface area contributed by atoms with Gasteiger partial charge < -0.3 is 9.64 Å². The van der Waals surface area contributed by atoms with Crippen LogP contribution >= 0.6 is 0 Å². The second kappa shape index (κ2) is 3.69. The van der Waals surface area contributed by atoms with Gasteiger partial charge in [-0.2, -0.15) is 0 Å². The fourth-order valence-corrected chi connectivity index (χ4v) is 1.65. The van der Waals surface area contributed by atoms with Crippen molar-refractivity contribution in [3.63, 3.8) is 0 Å². The molecule has 0 aliphatic heterocycles. The number of hydrogen-bond donors (Lipinski definition) is 0. The number of hydrogen-bond acceptors (Lipinski definition) is 2. The Morgan fingerprint density at radius 3 is 2.23 bits per heavy atom. The highest BCUT2D eigenvalue weighted by atomic mass is 16.5. The molecule has 0 fully saturated rings. The topological polar surface area (TPSA) is 12.5 Å². The molecular weight excluding hydrogens is 162 g/mol. The zero-order chi connectivity index (χ0) is 10.0. The van der Waals surface area contributed by atoms with Crippen molar-refractivity contribution < 1.29 is 4.74 Å². The van der Waals surface area contributed by atoms with Gasteiger partial charge in [0, 0.05) is 14.1 Å². The van der Waals surface area contributed by atoms with Crippen LogP contribution in [0.5, 0.6) is 5.75 Å². The Labute approximate surface area is 80.1 Å². The Kier molecular flexibility index (Phi) is 2.81. The van der Waals surface area contributed by atoms with Crippen LogP contribution in [0, 0.1) is 13.8 Å². The van der Waals surface area contributed by atoms with Crippen molar-refractivity contribution in [1.29, 1.82) is 0 Å². The van der Waals surface area contributed by atoms with E-state index in [1.165, 1.54) is 11.1 Å². The fraction of sp³-hybridized carbons (Fsp3) is 0.455. The van der Waals surface area contributed by atoms with E-state index in [0.717, 1.165) is 11.4 Å². The molecule has 0 atom stereocenters. The lowest BCUT2D eigenvalue weighted by Gasteiger charge is -2.19. The maximum absolute atomic E-state index is 5.33. The smallest absolute Gasteiger partial charge is 0.142 e. The SMILES string of the molecule is COc1cc(C)cc(C)c1N(C)C. The molecular formula is C11H17NO. The molecule has 0 saturated carbocycles. The van der Waals surface area contributed by atoms with Gasteiger partial charge in [-0.3, -0.25) is 0 Å². The van der Waals surface area contributed by atoms with Gasteiger partial charge in [-0.1, -0.05) is 6.07 Å². The summed E-state index contributed by atoms with van der Waals surface area (Å²) in [7, 11) is 5.77. The van der Waals surface area contributed by atoms with Crippen LogP contribution in [-0.4, -0.2) is 21.2 Å². The minimum Gasteiger partial charge on any atom is -0.495 e. The van der Waals surface area contributed by atoms with E-state index < -0.39 is 0 Å². The predicted molar refractivity (Wildman–Crippen MR) is 56.8 cm³/mol. The summed E-state index contributed by atoms with van der Waals surface area (Å²) in [5.41, 5.74) is 3.65. The van der Waals surface area contributed by atoms with E-state index in [-0.39, 0.29) is 0 Å². The number of anilines is 1. The van der Waals surface area contributed by atoms with Crippen LogP contribution in [0.1, 0.15) is 11.1 Å². The molecule has 0 aliphatic carbocycles. The van der Waals surface area contributed by atoms with Crippen molar-refractivity contribution >= 4 is 5.69 Å². The molecule has 1 aromatic carbocycles. The maximum Gasteiger partial charge on any atom is 0.142 e. The number of methoxy groups -OCH3 is 1. The molecule has 2 nitrogen and oxygen atoms in total. The molecule has 0 unspecified atom stereocenters. The van der Waals surface area contributed by atoms with Gasteiger partial charge in [0.2, 0.25) is 0 Å². The lowest BCUT2D eigenvalue weighted by atomic mass is 10.1. The lowest BCUT2D eigenvalue weighted by Crippen LogP contribution is -2.11. The quantitative estimate of drug-likeness (QED) is 0.691. The monoisotopic (exact) mass is 179 g/mol. The first-order valence-electron chi connectivity index (χ1n) is 4.39. The van der Waals surface area contributed by atoms with Crippen LogP contribution in [0.4, 0.5) is 5.69 Å². The van der Waals surface area contributed by atoms with Gasteiger partial charge in [0.05, 0.1) is 12.8 Å². The summed E-state index contributed by atoms with van der Waals surface area (Å²) in [5, 5.41) is 0. The first-order chi connectivity index (χ1) is 6.06. The highest BCUT2D eigenvalue weighted by Crippen LogP contribution is 2.31. The summed E-state index contributed by atoms with van der Waals surface area (Å²) < 4.78 is 5.33. The van der Waals surface area contributed by atoms with E-state index in [9.17, 15) is 0 Å². The molecule has 0 N–H and O–H groups in total. The second-order valence-corrected chi connectivity index (χ2v) is 3.53. The summed E-state index contributed by atoms with van der Waals surface area (Å²) in [4.78, 5) is 2.08. The minimum atomic E-state index is 0.947. The van der Waals surface area contributed by atoms with Gasteiger partial charge >= 0.3 is 0 Å². The first kappa shape index (κ1) is 9.90. The van der Waals surface area contributed by atoms with Gasteiger partial charge in [-0.25, -0.2) is 0 Å². The molecule has 0 aliphatic rings. The number of nitrogens with zero attached hydrogens (tertiary/aromatic N) is 1. The predicted octanol–water partition coefficient (Wildman–Crippen LogP) is 2.38. The average Bonchev–Trinajstić information content (AvgIpc) is 2.01. The molecule has 0 heterocycles. The van der Waals surface area contributed by atoms with Crippen molar-refractivity contribution in [2.45, 2.75) is 13.8 Å². The van der Waals surface area contributed by atoms with E-state index >= 15 is 0 Å². The van der Waals surface area contributed by atoms with Crippen molar-refractivity contribution in [2.24, 2.45) is 0 Å². The first-order valence-corrected chi connectivity index (χ1v) is 4.39. The van der Waals surface area contributed by atoms with Crippen LogP contribution in [0.15, 0.2) is 12.1 Å². The summed E-state index contributed by atoms with van der Waals surface area (Å²) >= 11 is 0. The molecule has 0 radical (unpaired) electrons. The Hall–Kier alpha value is -1.18. The Morgan fingerprint density at radius 2 is 1.77 bits per heavy atom. The third-order valence-corrected chi connectivity index (χ3v) is 2.08. The maximum atomic E-state index is 5.33. The van der Waals surface area contributed by atoms with Crippen molar-refractivity contribution in [2.75, 3.05) is 26.1 Å². The third-order valence-electron chi connectivity index (χ3n) is 2.08. The van der Waals surface area contributed by atoms with Crippen LogP contribution in [0.2, 0.25) is 0 Å². The summed E-state index contributed by atoms with van der Waals surface area (Å²) in [6.07, 6.45) is 0. The van der Waals surface area contributed by atoms with E-state index in [0.29, 0.717) is 0 Å². The van der Waals surface area contributed by atoms with Crippen LogP contribution < -0.4 is 9.64 Å². The molecule has 2 heteroatoms. The van der Waals surface area contributed by atoms with Gasteiger partial charge in [0.15, 0.2) is 0 Å². The largest absolute Gasteiger partial charge is 0.495 e. The zero-order valence-corrected chi connectivity index (χ0v) is 9.01. The molecule has 0 bridgehead atoms. The molecule has 0 spiro atoms. The molecule has 13 heavy (non-hydrogen) atoms. The normalized spacial score (nSPS) is 9.92. The molecule has 0 amide bonds. The van der Waals surface area contributed by atoms with Crippen molar-refractivity contribution in [1.82, 2.24) is 0 Å². The zero-order valence-electron chi connectivity index (χ0n) is 9.01. The molecule has 1 rings (SSSR count). The van der Waals surface area contributed by atoms with Gasteiger partial charge in [0.25, 0.3) is 0 Å². The van der Waals surface area contributed by atoms with Gasteiger partial charge in [-0.05, 0) is 31.0 Å².